The molecule has 0 aliphatic carbocycles. The van der Waals surface area contributed by atoms with Crippen molar-refractivity contribution in [2.45, 2.75) is 97.8 Å². The first kappa shape index (κ1) is 35.7. The van der Waals surface area contributed by atoms with Crippen molar-refractivity contribution in [3.8, 4) is 57.2 Å². The molecule has 47 heavy (non-hydrogen) atoms. The van der Waals surface area contributed by atoms with Crippen LogP contribution in [0.5, 0.6) is 23.0 Å². The molecule has 3 aromatic carbocycles. The van der Waals surface area contributed by atoms with Crippen LogP contribution >= 0.6 is 0 Å². The lowest BCUT2D eigenvalue weighted by molar-refractivity contribution is 0.291. The summed E-state index contributed by atoms with van der Waals surface area (Å²) in [7, 11) is 0. The molecule has 1 aromatic heterocycles. The summed E-state index contributed by atoms with van der Waals surface area (Å²) in [5.41, 5.74) is 1.73. The van der Waals surface area contributed by atoms with Crippen LogP contribution in [0.2, 0.25) is 0 Å². The predicted octanol–water partition coefficient (Wildman–Crippen LogP) is 10.6. The van der Waals surface area contributed by atoms with E-state index >= 15 is 0 Å². The molecule has 0 spiro atoms. The number of halogens is 1. The summed E-state index contributed by atoms with van der Waals surface area (Å²) in [6.07, 6.45) is 13.2. The van der Waals surface area contributed by atoms with Crippen molar-refractivity contribution in [2.75, 3.05) is 19.8 Å². The van der Waals surface area contributed by atoms with Crippen LogP contribution in [-0.4, -0.2) is 39.9 Å². The van der Waals surface area contributed by atoms with E-state index < -0.39 is 0 Å². The van der Waals surface area contributed by atoms with Gasteiger partial charge in [-0.3, -0.25) is 0 Å². The zero-order valence-electron chi connectivity index (χ0n) is 28.3. The van der Waals surface area contributed by atoms with Gasteiger partial charge in [0.1, 0.15) is 28.8 Å². The Labute approximate surface area is 279 Å². The normalized spacial score (nSPS) is 11.1. The van der Waals surface area contributed by atoms with Gasteiger partial charge >= 0.3 is 0 Å². The van der Waals surface area contributed by atoms with E-state index in [2.05, 4.69) is 20.8 Å². The van der Waals surface area contributed by atoms with Gasteiger partial charge in [0, 0.05) is 17.7 Å². The van der Waals surface area contributed by atoms with Crippen LogP contribution in [-0.2, 0) is 0 Å². The van der Waals surface area contributed by atoms with Gasteiger partial charge in [-0.25, -0.2) is 19.3 Å². The van der Waals surface area contributed by atoms with Crippen LogP contribution in [0.3, 0.4) is 0 Å². The molecule has 7 nitrogen and oxygen atoms in total. The smallest absolute Gasteiger partial charge is 0.167 e. The lowest BCUT2D eigenvalue weighted by atomic mass is 10.1. The number of phenolic OH excluding ortho intramolecular Hbond substituents is 1. The Hall–Kier alpha value is -4.20. The van der Waals surface area contributed by atoms with Crippen LogP contribution in [0.25, 0.3) is 34.2 Å². The highest BCUT2D eigenvalue weighted by Crippen LogP contribution is 2.36. The lowest BCUT2D eigenvalue weighted by Crippen LogP contribution is -2.04. The van der Waals surface area contributed by atoms with E-state index in [1.165, 1.54) is 31.4 Å². The third kappa shape index (κ3) is 11.2. The van der Waals surface area contributed by atoms with E-state index in [-0.39, 0.29) is 17.4 Å². The quantitative estimate of drug-likeness (QED) is 0.0904. The number of benzene rings is 3. The number of unbranched alkanes of at least 4 members (excludes halogenated alkanes) is 9. The van der Waals surface area contributed by atoms with Crippen molar-refractivity contribution in [1.29, 1.82) is 0 Å². The van der Waals surface area contributed by atoms with Gasteiger partial charge in [0.05, 0.1) is 30.9 Å². The highest BCUT2D eigenvalue weighted by atomic mass is 19.1. The van der Waals surface area contributed by atoms with Gasteiger partial charge < -0.3 is 19.3 Å². The lowest BCUT2D eigenvalue weighted by Gasteiger charge is -2.15. The first-order valence-electron chi connectivity index (χ1n) is 17.4. The van der Waals surface area contributed by atoms with Gasteiger partial charge in [0.25, 0.3) is 0 Å². The summed E-state index contributed by atoms with van der Waals surface area (Å²) >= 11 is 0. The summed E-state index contributed by atoms with van der Waals surface area (Å²) < 4.78 is 32.1. The summed E-state index contributed by atoms with van der Waals surface area (Å²) in [6, 6.07) is 16.9. The second kappa shape index (κ2) is 19.5. The van der Waals surface area contributed by atoms with Gasteiger partial charge in [-0.15, -0.1) is 0 Å². The first-order chi connectivity index (χ1) is 23.0. The summed E-state index contributed by atoms with van der Waals surface area (Å²) in [5, 5.41) is 11.1. The minimum absolute atomic E-state index is 0.00233. The standard InChI is InChI=1S/C39H50FN3O4/c1-4-7-10-13-24-45-31-20-22-33(35(44)27-31)38-41-37(29-16-18-30(40)19-17-29)42-39(43-38)34-23-21-32(46-25-14-11-8-5-2)28-36(34)47-26-15-12-9-6-3/h16-23,27-28,44H,4-15,24-26H2,1-3H3. The number of hydrogen-bond donors (Lipinski definition) is 1. The molecule has 0 unspecified atom stereocenters. The monoisotopic (exact) mass is 643 g/mol. The SMILES string of the molecule is CCCCCCOc1ccc(-c2nc(-c3ccc(F)cc3)nc(-c3ccc(OCCCCCC)cc3OCCCCCC)n2)c(O)c1. The molecule has 0 saturated heterocycles. The average Bonchev–Trinajstić information content (AvgIpc) is 3.08. The minimum Gasteiger partial charge on any atom is -0.507 e. The van der Waals surface area contributed by atoms with Crippen molar-refractivity contribution >= 4 is 0 Å². The van der Waals surface area contributed by atoms with Gasteiger partial charge in [-0.1, -0.05) is 78.6 Å². The molecule has 1 N–H and O–H groups in total. The van der Waals surface area contributed by atoms with E-state index in [4.69, 9.17) is 29.2 Å². The zero-order valence-corrected chi connectivity index (χ0v) is 28.3. The van der Waals surface area contributed by atoms with Crippen LogP contribution in [0.15, 0.2) is 60.7 Å². The molecule has 4 aromatic rings. The van der Waals surface area contributed by atoms with Crippen molar-refractivity contribution in [2.24, 2.45) is 0 Å². The molecular weight excluding hydrogens is 593 g/mol. The van der Waals surface area contributed by atoms with E-state index in [9.17, 15) is 9.50 Å². The number of aromatic hydroxyl groups is 1. The molecule has 0 radical (unpaired) electrons. The zero-order chi connectivity index (χ0) is 33.3. The first-order valence-corrected chi connectivity index (χ1v) is 17.4. The van der Waals surface area contributed by atoms with Crippen molar-refractivity contribution in [3.05, 3.63) is 66.5 Å². The van der Waals surface area contributed by atoms with Crippen molar-refractivity contribution in [1.82, 2.24) is 15.0 Å². The predicted molar refractivity (Wildman–Crippen MR) is 187 cm³/mol. The van der Waals surface area contributed by atoms with E-state index in [0.29, 0.717) is 59.7 Å². The molecule has 8 heteroatoms. The van der Waals surface area contributed by atoms with Gasteiger partial charge in [-0.05, 0) is 67.8 Å². The maximum absolute atomic E-state index is 13.8. The topological polar surface area (TPSA) is 86.6 Å². The Balaban J connectivity index is 1.69. The van der Waals surface area contributed by atoms with Crippen molar-refractivity contribution < 1.29 is 23.7 Å². The van der Waals surface area contributed by atoms with Crippen molar-refractivity contribution in [3.63, 3.8) is 0 Å². The molecule has 0 amide bonds. The number of aromatic nitrogens is 3. The molecule has 0 atom stereocenters. The Bertz CT molecular complexity index is 1510. The van der Waals surface area contributed by atoms with Gasteiger partial charge in [0.15, 0.2) is 17.5 Å². The van der Waals surface area contributed by atoms with E-state index in [1.54, 1.807) is 24.3 Å². The number of hydrogen-bond acceptors (Lipinski definition) is 7. The molecule has 0 saturated carbocycles. The van der Waals surface area contributed by atoms with Crippen LogP contribution < -0.4 is 14.2 Å². The van der Waals surface area contributed by atoms with Gasteiger partial charge in [-0.2, -0.15) is 0 Å². The molecule has 0 bridgehead atoms. The maximum atomic E-state index is 13.8. The largest absolute Gasteiger partial charge is 0.507 e. The van der Waals surface area contributed by atoms with E-state index in [1.807, 2.05) is 24.3 Å². The fourth-order valence-corrected chi connectivity index (χ4v) is 5.18. The maximum Gasteiger partial charge on any atom is 0.167 e. The van der Waals surface area contributed by atoms with Crippen LogP contribution in [0, 0.1) is 5.82 Å². The number of phenols is 1. The number of rotatable bonds is 21. The molecule has 0 aliphatic heterocycles. The van der Waals surface area contributed by atoms with Crippen LogP contribution in [0.4, 0.5) is 4.39 Å². The third-order valence-corrected chi connectivity index (χ3v) is 7.93. The Morgan fingerprint density at radius 1 is 0.532 bits per heavy atom. The Kier molecular flexibility index (Phi) is 14.8. The molecule has 4 rings (SSSR count). The fraction of sp³-hybridized carbons (Fsp3) is 0.462. The summed E-state index contributed by atoms with van der Waals surface area (Å²) in [4.78, 5) is 14.4. The Morgan fingerprint density at radius 2 is 1.02 bits per heavy atom. The minimum atomic E-state index is -0.352. The molecular formula is C39H50FN3O4. The average molecular weight is 644 g/mol. The fourth-order valence-electron chi connectivity index (χ4n) is 5.18. The molecule has 0 aliphatic rings. The highest BCUT2D eigenvalue weighted by molar-refractivity contribution is 5.73. The Morgan fingerprint density at radius 3 is 1.57 bits per heavy atom. The second-order valence-corrected chi connectivity index (χ2v) is 11.9. The van der Waals surface area contributed by atoms with E-state index in [0.717, 1.165) is 63.5 Å². The molecule has 1 heterocycles. The van der Waals surface area contributed by atoms with Gasteiger partial charge in [0.2, 0.25) is 0 Å². The molecule has 0 fully saturated rings. The highest BCUT2D eigenvalue weighted by Gasteiger charge is 2.19. The second-order valence-electron chi connectivity index (χ2n) is 11.9. The summed E-state index contributed by atoms with van der Waals surface area (Å²) in [5.74, 6) is 2.59. The number of ether oxygens (including phenoxy) is 3. The number of nitrogens with zero attached hydrogens (tertiary/aromatic N) is 3. The van der Waals surface area contributed by atoms with Crippen LogP contribution in [0.1, 0.15) is 97.8 Å². The summed E-state index contributed by atoms with van der Waals surface area (Å²) in [6.45, 7) is 8.33. The third-order valence-electron chi connectivity index (χ3n) is 7.93. The molecule has 252 valence electrons.